The smallest absolute Gasteiger partial charge is 0.220 e. The van der Waals surface area contributed by atoms with Crippen molar-refractivity contribution in [2.24, 2.45) is 5.92 Å². The minimum atomic E-state index is 0.115. The lowest BCUT2D eigenvalue weighted by molar-refractivity contribution is -0.121. The topological polar surface area (TPSA) is 38.3 Å². The van der Waals surface area contributed by atoms with Crippen LogP contribution in [0.25, 0.3) is 0 Å². The van der Waals surface area contributed by atoms with Gasteiger partial charge in [-0.3, -0.25) is 4.79 Å². The Balaban J connectivity index is 1.91. The quantitative estimate of drug-likeness (QED) is 0.866. The van der Waals surface area contributed by atoms with E-state index in [-0.39, 0.29) is 11.8 Å². The molecule has 0 aromatic heterocycles. The number of para-hydroxylation sites is 1. The maximum absolute atomic E-state index is 11.7. The molecule has 1 atom stereocenters. The monoisotopic (exact) mass is 233 g/mol. The molecule has 1 unspecified atom stereocenters. The van der Waals surface area contributed by atoms with Crippen LogP contribution >= 0.6 is 0 Å². The first kappa shape index (κ1) is 12.0. The van der Waals surface area contributed by atoms with Gasteiger partial charge in [0, 0.05) is 24.4 Å². The van der Waals surface area contributed by atoms with Crippen LogP contribution in [0.1, 0.15) is 31.7 Å². The summed E-state index contributed by atoms with van der Waals surface area (Å²) in [5, 5.41) is 2.95. The van der Waals surface area contributed by atoms with Crippen LogP contribution in [-0.2, 0) is 4.79 Å². The maximum Gasteiger partial charge on any atom is 0.220 e. The Morgan fingerprint density at radius 3 is 3.00 bits per heavy atom. The van der Waals surface area contributed by atoms with E-state index in [2.05, 4.69) is 19.2 Å². The number of benzene rings is 1. The van der Waals surface area contributed by atoms with Crippen LogP contribution in [0.3, 0.4) is 0 Å². The summed E-state index contributed by atoms with van der Waals surface area (Å²) in [4.78, 5) is 11.7. The fraction of sp³-hybridized carbons (Fsp3) is 0.500. The molecule has 0 spiro atoms. The summed E-state index contributed by atoms with van der Waals surface area (Å²) < 4.78 is 5.56. The standard InChI is InChI=1S/C14H19NO2/c1-10(2)8-15-14(16)7-11-9-17-13-6-4-3-5-12(11)13/h3-6,10-11H,7-9H2,1-2H3,(H,15,16). The molecule has 1 N–H and O–H groups in total. The Hall–Kier alpha value is -1.51. The molecule has 17 heavy (non-hydrogen) atoms. The van der Waals surface area contributed by atoms with Crippen molar-refractivity contribution in [3.63, 3.8) is 0 Å². The number of carbonyl (C=O) groups is 1. The minimum Gasteiger partial charge on any atom is -0.493 e. The number of carbonyl (C=O) groups excluding carboxylic acids is 1. The van der Waals surface area contributed by atoms with E-state index in [9.17, 15) is 4.79 Å². The van der Waals surface area contributed by atoms with Crippen LogP contribution in [0.15, 0.2) is 24.3 Å². The van der Waals surface area contributed by atoms with Crippen LogP contribution < -0.4 is 10.1 Å². The van der Waals surface area contributed by atoms with E-state index in [1.165, 1.54) is 0 Å². The maximum atomic E-state index is 11.7. The van der Waals surface area contributed by atoms with Gasteiger partial charge in [-0.05, 0) is 12.0 Å². The van der Waals surface area contributed by atoms with E-state index >= 15 is 0 Å². The van der Waals surface area contributed by atoms with Gasteiger partial charge in [-0.1, -0.05) is 32.0 Å². The Morgan fingerprint density at radius 2 is 2.24 bits per heavy atom. The highest BCUT2D eigenvalue weighted by molar-refractivity contribution is 5.77. The highest BCUT2D eigenvalue weighted by atomic mass is 16.5. The fourth-order valence-electron chi connectivity index (χ4n) is 2.01. The van der Waals surface area contributed by atoms with Gasteiger partial charge in [0.25, 0.3) is 0 Å². The van der Waals surface area contributed by atoms with Gasteiger partial charge in [0.2, 0.25) is 5.91 Å². The van der Waals surface area contributed by atoms with Crippen LogP contribution in [0.5, 0.6) is 5.75 Å². The van der Waals surface area contributed by atoms with Gasteiger partial charge in [0.15, 0.2) is 0 Å². The number of nitrogens with one attached hydrogen (secondary N) is 1. The van der Waals surface area contributed by atoms with Crippen LogP contribution in [-0.4, -0.2) is 19.1 Å². The third-order valence-corrected chi connectivity index (χ3v) is 2.94. The predicted octanol–water partition coefficient (Wildman–Crippen LogP) is 2.32. The first-order chi connectivity index (χ1) is 8.16. The van der Waals surface area contributed by atoms with Gasteiger partial charge < -0.3 is 10.1 Å². The highest BCUT2D eigenvalue weighted by Gasteiger charge is 2.25. The Labute approximate surface area is 102 Å². The van der Waals surface area contributed by atoms with Crippen molar-refractivity contribution in [1.82, 2.24) is 5.32 Å². The molecular weight excluding hydrogens is 214 g/mol. The van der Waals surface area contributed by atoms with E-state index in [0.717, 1.165) is 17.9 Å². The first-order valence-corrected chi connectivity index (χ1v) is 6.15. The molecule has 3 heteroatoms. The Kier molecular flexibility index (Phi) is 3.67. The largest absolute Gasteiger partial charge is 0.493 e. The normalized spacial score (nSPS) is 17.7. The predicted molar refractivity (Wildman–Crippen MR) is 67.1 cm³/mol. The highest BCUT2D eigenvalue weighted by Crippen LogP contribution is 2.35. The van der Waals surface area contributed by atoms with Crippen LogP contribution in [0.4, 0.5) is 0 Å². The molecule has 0 saturated carbocycles. The fourth-order valence-corrected chi connectivity index (χ4v) is 2.01. The molecule has 1 aromatic rings. The van der Waals surface area contributed by atoms with Crippen molar-refractivity contribution < 1.29 is 9.53 Å². The average molecular weight is 233 g/mol. The number of hydrogen-bond acceptors (Lipinski definition) is 2. The zero-order chi connectivity index (χ0) is 12.3. The van der Waals surface area contributed by atoms with Crippen molar-refractivity contribution in [1.29, 1.82) is 0 Å². The summed E-state index contributed by atoms with van der Waals surface area (Å²) in [6.07, 6.45) is 0.518. The molecule has 0 aliphatic carbocycles. The van der Waals surface area contributed by atoms with Gasteiger partial charge >= 0.3 is 0 Å². The van der Waals surface area contributed by atoms with E-state index in [4.69, 9.17) is 4.74 Å². The van der Waals surface area contributed by atoms with Crippen molar-refractivity contribution in [2.75, 3.05) is 13.2 Å². The van der Waals surface area contributed by atoms with Gasteiger partial charge in [0.1, 0.15) is 5.75 Å². The van der Waals surface area contributed by atoms with Gasteiger partial charge in [-0.15, -0.1) is 0 Å². The second-order valence-corrected chi connectivity index (χ2v) is 4.95. The number of fused-ring (bicyclic) bond motifs is 1. The lowest BCUT2D eigenvalue weighted by Crippen LogP contribution is -2.28. The first-order valence-electron chi connectivity index (χ1n) is 6.15. The zero-order valence-electron chi connectivity index (χ0n) is 10.4. The van der Waals surface area contributed by atoms with E-state index < -0.39 is 0 Å². The summed E-state index contributed by atoms with van der Waals surface area (Å²) in [5.74, 6) is 1.74. The van der Waals surface area contributed by atoms with Crippen molar-refractivity contribution in [3.05, 3.63) is 29.8 Å². The molecule has 1 aromatic carbocycles. The lowest BCUT2D eigenvalue weighted by Gasteiger charge is -2.10. The molecule has 1 aliphatic heterocycles. The SMILES string of the molecule is CC(C)CNC(=O)CC1COc2ccccc21. The summed E-state index contributed by atoms with van der Waals surface area (Å²) in [6.45, 7) is 5.55. The summed E-state index contributed by atoms with van der Waals surface area (Å²) in [6, 6.07) is 7.96. The van der Waals surface area contributed by atoms with E-state index in [0.29, 0.717) is 18.9 Å². The molecule has 1 amide bonds. The number of amides is 1. The lowest BCUT2D eigenvalue weighted by atomic mass is 9.97. The van der Waals surface area contributed by atoms with E-state index in [1.807, 2.05) is 24.3 Å². The molecule has 0 fully saturated rings. The van der Waals surface area contributed by atoms with Crippen molar-refractivity contribution in [2.45, 2.75) is 26.2 Å². The number of ether oxygens (including phenoxy) is 1. The molecule has 1 heterocycles. The number of hydrogen-bond donors (Lipinski definition) is 1. The molecular formula is C14H19NO2. The molecule has 0 saturated heterocycles. The molecule has 2 rings (SSSR count). The Bertz CT molecular complexity index is 401. The minimum absolute atomic E-state index is 0.115. The van der Waals surface area contributed by atoms with Crippen LogP contribution in [0, 0.1) is 5.92 Å². The van der Waals surface area contributed by atoms with Crippen LogP contribution in [0.2, 0.25) is 0 Å². The summed E-state index contributed by atoms with van der Waals surface area (Å²) in [7, 11) is 0. The summed E-state index contributed by atoms with van der Waals surface area (Å²) in [5.41, 5.74) is 1.16. The third-order valence-electron chi connectivity index (χ3n) is 2.94. The summed E-state index contributed by atoms with van der Waals surface area (Å²) >= 11 is 0. The van der Waals surface area contributed by atoms with Crippen molar-refractivity contribution >= 4 is 5.91 Å². The molecule has 0 bridgehead atoms. The Morgan fingerprint density at radius 1 is 1.47 bits per heavy atom. The van der Waals surface area contributed by atoms with Gasteiger partial charge in [0.05, 0.1) is 6.61 Å². The second kappa shape index (κ2) is 5.21. The second-order valence-electron chi connectivity index (χ2n) is 4.95. The molecule has 1 aliphatic rings. The molecule has 92 valence electrons. The average Bonchev–Trinajstić information content (AvgIpc) is 2.70. The third kappa shape index (κ3) is 2.99. The molecule has 0 radical (unpaired) electrons. The zero-order valence-corrected chi connectivity index (χ0v) is 10.4. The van der Waals surface area contributed by atoms with Gasteiger partial charge in [-0.25, -0.2) is 0 Å². The van der Waals surface area contributed by atoms with Gasteiger partial charge in [-0.2, -0.15) is 0 Å². The van der Waals surface area contributed by atoms with E-state index in [1.54, 1.807) is 0 Å². The molecule has 3 nitrogen and oxygen atoms in total. The number of rotatable bonds is 4. The van der Waals surface area contributed by atoms with Crippen molar-refractivity contribution in [3.8, 4) is 5.75 Å².